The molecule has 188 valence electrons. The van der Waals surface area contributed by atoms with Gasteiger partial charge in [0.25, 0.3) is 0 Å². The topological polar surface area (TPSA) is 102 Å². The Balaban J connectivity index is 1.93. The number of ether oxygens (including phenoxy) is 2. The van der Waals surface area contributed by atoms with E-state index in [9.17, 15) is 19.2 Å². The van der Waals surface area contributed by atoms with Gasteiger partial charge in [0.15, 0.2) is 5.56 Å². The summed E-state index contributed by atoms with van der Waals surface area (Å²) in [4.78, 5) is 46.3. The minimum Gasteiger partial charge on any atom is -0.445 e. The van der Waals surface area contributed by atoms with Crippen molar-refractivity contribution in [1.82, 2.24) is 9.74 Å². The van der Waals surface area contributed by atoms with E-state index >= 15 is 0 Å². The number of alkyl carbamates (subject to hydrolysis) is 1. The van der Waals surface area contributed by atoms with Crippen LogP contribution in [0.5, 0.6) is 0 Å². The van der Waals surface area contributed by atoms with Gasteiger partial charge in [0.2, 0.25) is 11.8 Å². The zero-order valence-electron chi connectivity index (χ0n) is 19.5. The van der Waals surface area contributed by atoms with Gasteiger partial charge in [-0.1, -0.05) is 54.8 Å². The van der Waals surface area contributed by atoms with Gasteiger partial charge >= 0.3 is 12.2 Å². The summed E-state index contributed by atoms with van der Waals surface area (Å²) in [5, 5.41) is 2.06. The number of halogens is 2. The average molecular weight is 515 g/mol. The predicted octanol–water partition coefficient (Wildman–Crippen LogP) is 5.55. The number of nitrogens with one attached hydrogen (secondary N) is 1. The molecule has 0 spiro atoms. The molecular weight excluding hydrogens is 483 g/mol. The molecule has 1 N–H and O–H groups in total. The molecule has 4 amide bonds. The minimum absolute atomic E-state index is 0.0250. The Labute approximate surface area is 210 Å². The fourth-order valence-corrected chi connectivity index (χ4v) is 4.72. The van der Waals surface area contributed by atoms with Crippen molar-refractivity contribution >= 4 is 47.4 Å². The molecule has 0 heterocycles. The summed E-state index contributed by atoms with van der Waals surface area (Å²) >= 11 is 12.1. The number of rotatable bonds is 9. The molecule has 1 aliphatic rings. The second-order valence-corrected chi connectivity index (χ2v) is 9.33. The number of aryl methyl sites for hydroxylation is 1. The quantitative estimate of drug-likeness (QED) is 0.263. The maximum atomic E-state index is 12.1. The van der Waals surface area contributed by atoms with Gasteiger partial charge in [-0.25, -0.2) is 9.59 Å². The van der Waals surface area contributed by atoms with Gasteiger partial charge in [-0.05, 0) is 50.0 Å². The van der Waals surface area contributed by atoms with E-state index in [1.807, 2.05) is 18.2 Å². The highest BCUT2D eigenvalue weighted by molar-refractivity contribution is 6.28. The van der Waals surface area contributed by atoms with Crippen LogP contribution in [-0.4, -0.2) is 40.1 Å². The average Bonchev–Trinajstić information content (AvgIpc) is 2.78. The van der Waals surface area contributed by atoms with E-state index in [1.54, 1.807) is 0 Å². The Morgan fingerprint density at radius 3 is 2.44 bits per heavy atom. The zero-order valence-corrected chi connectivity index (χ0v) is 21.0. The second kappa shape index (κ2) is 14.2. The summed E-state index contributed by atoms with van der Waals surface area (Å²) in [5.74, 6) is -1.29. The number of nitrogens with zero attached hydrogens (tertiary/aromatic N) is 1. The molecule has 0 aromatic heterocycles. The Morgan fingerprint density at radius 2 is 1.79 bits per heavy atom. The van der Waals surface area contributed by atoms with Crippen molar-refractivity contribution < 1.29 is 28.7 Å². The van der Waals surface area contributed by atoms with Crippen molar-refractivity contribution in [1.29, 1.82) is 0 Å². The zero-order chi connectivity index (χ0) is 25.1. The van der Waals surface area contributed by atoms with E-state index in [0.29, 0.717) is 23.7 Å². The minimum atomic E-state index is -0.924. The van der Waals surface area contributed by atoms with Crippen LogP contribution in [0.4, 0.5) is 9.59 Å². The molecule has 8 nitrogen and oxygen atoms in total. The maximum Gasteiger partial charge on any atom is 0.432 e. The highest BCUT2D eigenvalue weighted by atomic mass is 35.5. The maximum absolute atomic E-state index is 12.1. The van der Waals surface area contributed by atoms with Crippen molar-refractivity contribution in [2.45, 2.75) is 76.9 Å². The number of imide groups is 2. The smallest absolute Gasteiger partial charge is 0.432 e. The molecule has 1 aromatic rings. The lowest BCUT2D eigenvalue weighted by molar-refractivity contribution is -0.123. The molecule has 1 aromatic carbocycles. The Kier molecular flexibility index (Phi) is 11.6. The largest absolute Gasteiger partial charge is 0.445 e. The molecule has 0 aliphatic heterocycles. The standard InChI is InChI=1S/C24H32Cl2N2O6/c1-16(29)27-23(31)34-22(25)21-14-13-20(33-24(32)28(26)17(2)30)15-19(21)12-8-4-7-11-18-9-5-3-6-10-18/h3,5-6,9-10,19-22H,4,7-8,11-15H2,1-2H3,(H,27,29,31)/t19-,20-,21-,22?/m0/s1. The van der Waals surface area contributed by atoms with Gasteiger partial charge < -0.3 is 9.47 Å². The van der Waals surface area contributed by atoms with Crippen molar-refractivity contribution in [3.8, 4) is 0 Å². The Morgan fingerprint density at radius 1 is 1.09 bits per heavy atom. The van der Waals surface area contributed by atoms with Gasteiger partial charge in [0.1, 0.15) is 6.10 Å². The summed E-state index contributed by atoms with van der Waals surface area (Å²) in [7, 11) is 0. The van der Waals surface area contributed by atoms with Gasteiger partial charge in [0, 0.05) is 31.5 Å². The Hall–Kier alpha value is -2.32. The monoisotopic (exact) mass is 514 g/mol. The van der Waals surface area contributed by atoms with Gasteiger partial charge in [-0.3, -0.25) is 14.9 Å². The van der Waals surface area contributed by atoms with Crippen LogP contribution in [0.2, 0.25) is 0 Å². The Bertz CT molecular complexity index is 838. The number of carbonyl (C=O) groups is 4. The second-order valence-electron chi connectivity index (χ2n) is 8.57. The summed E-state index contributed by atoms with van der Waals surface area (Å²) in [6.45, 7) is 2.38. The highest BCUT2D eigenvalue weighted by Gasteiger charge is 2.38. The van der Waals surface area contributed by atoms with E-state index in [1.165, 1.54) is 19.4 Å². The van der Waals surface area contributed by atoms with Gasteiger partial charge in [-0.2, -0.15) is 4.42 Å². The normalized spacial score (nSPS) is 20.6. The lowest BCUT2D eigenvalue weighted by atomic mass is 9.75. The van der Waals surface area contributed by atoms with Crippen LogP contribution >= 0.6 is 23.4 Å². The molecule has 1 saturated carbocycles. The van der Waals surface area contributed by atoms with Crippen molar-refractivity contribution in [3.05, 3.63) is 35.9 Å². The van der Waals surface area contributed by atoms with Crippen LogP contribution in [-0.2, 0) is 25.5 Å². The van der Waals surface area contributed by atoms with Crippen molar-refractivity contribution in [2.24, 2.45) is 11.8 Å². The number of amides is 4. The van der Waals surface area contributed by atoms with Crippen molar-refractivity contribution in [2.75, 3.05) is 0 Å². The van der Waals surface area contributed by atoms with E-state index in [-0.39, 0.29) is 11.8 Å². The summed E-state index contributed by atoms with van der Waals surface area (Å²) in [5.41, 5.74) is 0.374. The number of carbonyl (C=O) groups excluding carboxylic acids is 4. The van der Waals surface area contributed by atoms with Gasteiger partial charge in [-0.15, -0.1) is 0 Å². The first-order chi connectivity index (χ1) is 16.2. The summed E-state index contributed by atoms with van der Waals surface area (Å²) < 4.78 is 11.1. The molecule has 0 radical (unpaired) electrons. The summed E-state index contributed by atoms with van der Waals surface area (Å²) in [6, 6.07) is 10.3. The fraction of sp³-hybridized carbons (Fsp3) is 0.583. The van der Waals surface area contributed by atoms with Crippen LogP contribution in [0.3, 0.4) is 0 Å². The molecule has 34 heavy (non-hydrogen) atoms. The van der Waals surface area contributed by atoms with Gasteiger partial charge in [0.05, 0.1) is 0 Å². The molecular formula is C24H32Cl2N2O6. The summed E-state index contributed by atoms with van der Waals surface area (Å²) in [6.07, 6.45) is 4.15. The first kappa shape index (κ1) is 27.9. The lowest BCUT2D eigenvalue weighted by Crippen LogP contribution is -2.40. The number of benzene rings is 1. The van der Waals surface area contributed by atoms with E-state index in [4.69, 9.17) is 32.9 Å². The van der Waals surface area contributed by atoms with Crippen LogP contribution in [0.1, 0.15) is 64.4 Å². The molecule has 1 unspecified atom stereocenters. The number of hydrogen-bond acceptors (Lipinski definition) is 6. The fourth-order valence-electron chi connectivity index (χ4n) is 4.27. The molecule has 10 heteroatoms. The van der Waals surface area contributed by atoms with E-state index < -0.39 is 35.7 Å². The third-order valence-electron chi connectivity index (χ3n) is 5.91. The van der Waals surface area contributed by atoms with Crippen LogP contribution in [0.15, 0.2) is 30.3 Å². The molecule has 4 atom stereocenters. The highest BCUT2D eigenvalue weighted by Crippen LogP contribution is 2.39. The molecule has 2 rings (SSSR count). The predicted molar refractivity (Wildman–Crippen MR) is 128 cm³/mol. The molecule has 0 saturated heterocycles. The first-order valence-corrected chi connectivity index (χ1v) is 12.3. The van der Waals surface area contributed by atoms with Crippen LogP contribution < -0.4 is 5.32 Å². The van der Waals surface area contributed by atoms with Crippen LogP contribution in [0, 0.1) is 11.8 Å². The molecule has 0 bridgehead atoms. The first-order valence-electron chi connectivity index (χ1n) is 11.5. The third-order valence-corrected chi connectivity index (χ3v) is 6.70. The molecule has 1 aliphatic carbocycles. The lowest BCUT2D eigenvalue weighted by Gasteiger charge is -2.37. The molecule has 1 fully saturated rings. The number of unbranched alkanes of at least 4 members (excludes halogenated alkanes) is 2. The number of hydrogen-bond donors (Lipinski definition) is 1. The van der Waals surface area contributed by atoms with Crippen LogP contribution in [0.25, 0.3) is 0 Å². The SMILES string of the molecule is CC(=O)NC(=O)OC(Cl)[C@H]1CC[C@H](OC(=O)N(Cl)C(C)=O)C[C@@H]1CCCCCc1ccccc1. The number of alkyl halides is 1. The van der Waals surface area contributed by atoms with E-state index in [0.717, 1.165) is 32.1 Å². The third kappa shape index (κ3) is 9.50. The van der Waals surface area contributed by atoms with Crippen molar-refractivity contribution in [3.63, 3.8) is 0 Å². The van der Waals surface area contributed by atoms with E-state index in [2.05, 4.69) is 17.4 Å².